The van der Waals surface area contributed by atoms with Crippen molar-refractivity contribution >= 4 is 11.9 Å². The Bertz CT molecular complexity index is 424. The summed E-state index contributed by atoms with van der Waals surface area (Å²) < 4.78 is 0. The van der Waals surface area contributed by atoms with E-state index in [-0.39, 0.29) is 6.15 Å². The normalized spacial score (nSPS) is 20.9. The van der Waals surface area contributed by atoms with Crippen LogP contribution in [0.25, 0.3) is 0 Å². The van der Waals surface area contributed by atoms with Gasteiger partial charge in [0.2, 0.25) is 0 Å². The van der Waals surface area contributed by atoms with E-state index in [1.165, 1.54) is 0 Å². The van der Waals surface area contributed by atoms with E-state index in [4.69, 9.17) is 10.2 Å². The molecule has 2 rings (SSSR count). The van der Waals surface area contributed by atoms with Crippen molar-refractivity contribution in [3.05, 3.63) is 0 Å². The number of carboxylic acids is 2. The topological polar surface area (TPSA) is 221 Å². The highest BCUT2D eigenvalue weighted by Gasteiger charge is 2.55. The number of hydrogen-bond acceptors (Lipinski definition) is 12. The predicted octanol–water partition coefficient (Wildman–Crippen LogP) is -0.119. The van der Waals surface area contributed by atoms with Gasteiger partial charge in [0, 0.05) is 0 Å². The maximum Gasteiger partial charge on any atom is 0.374 e. The molecule has 2 aliphatic rings. The molecule has 0 saturated heterocycles. The van der Waals surface area contributed by atoms with Gasteiger partial charge in [-0.05, 0) is 20.9 Å². The van der Waals surface area contributed by atoms with Crippen molar-refractivity contribution in [2.75, 3.05) is 0 Å². The monoisotopic (exact) mass is 258 g/mol. The lowest BCUT2D eigenvalue weighted by atomic mass is 10.3. The fraction of sp³-hybridized carbons (Fsp3) is 0.500. The van der Waals surface area contributed by atoms with E-state index in [1.54, 1.807) is 0 Å². The number of carbonyl (C=O) groups is 2. The second-order valence-corrected chi connectivity index (χ2v) is 2.84. The maximum atomic E-state index is 11.0. The maximum absolute atomic E-state index is 11.0. The van der Waals surface area contributed by atoms with E-state index in [9.17, 15) is 9.59 Å². The van der Waals surface area contributed by atoms with Gasteiger partial charge in [0.25, 0.3) is 0 Å². The van der Waals surface area contributed by atoms with E-state index in [0.717, 1.165) is 0 Å². The minimum atomic E-state index is -2.40. The number of nitrogens with one attached hydrogen (secondary N) is 1. The average molecular weight is 258 g/mol. The number of rotatable bonds is 4. The molecule has 14 nitrogen and oxygen atoms in total. The molecular formula is C4H6N10O4. The van der Waals surface area contributed by atoms with Gasteiger partial charge in [-0.15, -0.1) is 20.5 Å². The van der Waals surface area contributed by atoms with E-state index in [2.05, 4.69) is 41.4 Å². The van der Waals surface area contributed by atoms with Gasteiger partial charge in [-0.2, -0.15) is 0 Å². The first kappa shape index (κ1) is 13.3. The van der Waals surface area contributed by atoms with Crippen LogP contribution in [0.15, 0.2) is 41.4 Å². The van der Waals surface area contributed by atoms with Crippen LogP contribution < -0.4 is 11.5 Å². The highest BCUT2D eigenvalue weighted by atomic mass is 16.4. The first-order valence-corrected chi connectivity index (χ1v) is 3.95. The molecule has 0 aromatic rings. The van der Waals surface area contributed by atoms with Crippen molar-refractivity contribution in [2.45, 2.75) is 11.6 Å². The summed E-state index contributed by atoms with van der Waals surface area (Å²) in [5.74, 6) is -8.05. The van der Waals surface area contributed by atoms with Gasteiger partial charge in [0.1, 0.15) is 0 Å². The fourth-order valence-corrected chi connectivity index (χ4v) is 1.000. The van der Waals surface area contributed by atoms with Crippen LogP contribution >= 0.6 is 0 Å². The molecule has 0 fully saturated rings. The van der Waals surface area contributed by atoms with Gasteiger partial charge in [-0.25, -0.2) is 14.9 Å². The quantitative estimate of drug-likeness (QED) is 0.537. The molecule has 18 heavy (non-hydrogen) atoms. The summed E-state index contributed by atoms with van der Waals surface area (Å²) in [5.41, 5.74) is 0. The minimum Gasteiger partial charge on any atom is -0.477 e. The lowest BCUT2D eigenvalue weighted by molar-refractivity contribution is -0.150. The zero-order valence-corrected chi connectivity index (χ0v) is 8.50. The Balaban J connectivity index is 0.00000162. The first-order valence-electron chi connectivity index (χ1n) is 3.95. The molecule has 6 N–H and O–H groups in total. The van der Waals surface area contributed by atoms with Crippen LogP contribution in [0.1, 0.15) is 0 Å². The van der Waals surface area contributed by atoms with Crippen LogP contribution in [0, 0.1) is 0 Å². The molecular weight excluding hydrogens is 252 g/mol. The van der Waals surface area contributed by atoms with E-state index < -0.39 is 23.5 Å². The van der Waals surface area contributed by atoms with Gasteiger partial charge < -0.3 is 16.4 Å². The van der Waals surface area contributed by atoms with E-state index >= 15 is 0 Å². The van der Waals surface area contributed by atoms with Crippen molar-refractivity contribution in [3.63, 3.8) is 0 Å². The van der Waals surface area contributed by atoms with Crippen LogP contribution in [-0.4, -0.2) is 33.7 Å². The first-order chi connectivity index (χ1) is 8.01. The zero-order chi connectivity index (χ0) is 12.5. The molecule has 2 aliphatic heterocycles. The minimum absolute atomic E-state index is 0. The van der Waals surface area contributed by atoms with Crippen LogP contribution in [0.4, 0.5) is 0 Å². The summed E-state index contributed by atoms with van der Waals surface area (Å²) in [6, 6.07) is 0. The predicted molar refractivity (Wildman–Crippen MR) is 48.3 cm³/mol. The number of hydrogen-bond donors (Lipinski definition) is 4. The Hall–Kier alpha value is -2.74. The molecule has 2 heterocycles. The summed E-state index contributed by atoms with van der Waals surface area (Å²) in [7, 11) is 0. The number of aliphatic carboxylic acids is 2. The SMILES string of the molecule is N.O=C(O)C1(NC2(C(=O)O)N=NN=N2)N=NN=N1. The molecule has 0 aromatic heterocycles. The fourth-order valence-electron chi connectivity index (χ4n) is 1.000. The molecule has 0 amide bonds. The summed E-state index contributed by atoms with van der Waals surface area (Å²) >= 11 is 0. The molecule has 0 aromatic carbocycles. The Kier molecular flexibility index (Phi) is 3.15. The largest absolute Gasteiger partial charge is 0.477 e. The Morgan fingerprint density at radius 2 is 1.06 bits per heavy atom. The Morgan fingerprint density at radius 3 is 1.28 bits per heavy atom. The lowest BCUT2D eigenvalue weighted by Gasteiger charge is -2.22. The second-order valence-electron chi connectivity index (χ2n) is 2.84. The highest BCUT2D eigenvalue weighted by Crippen LogP contribution is 2.26. The third kappa shape index (κ3) is 1.80. The molecule has 0 atom stereocenters. The second kappa shape index (κ2) is 4.26. The molecule has 0 saturated carbocycles. The highest BCUT2D eigenvalue weighted by molar-refractivity contribution is 5.82. The molecule has 96 valence electrons. The number of carboxylic acid groups (broad SMARTS) is 2. The van der Waals surface area contributed by atoms with Gasteiger partial charge in [0.05, 0.1) is 0 Å². The van der Waals surface area contributed by atoms with Crippen LogP contribution in [0.5, 0.6) is 0 Å². The van der Waals surface area contributed by atoms with Gasteiger partial charge >= 0.3 is 23.5 Å². The van der Waals surface area contributed by atoms with Gasteiger partial charge in [-0.3, -0.25) is 0 Å². The molecule has 0 aliphatic carbocycles. The Labute approximate surface area is 97.1 Å². The smallest absolute Gasteiger partial charge is 0.374 e. The van der Waals surface area contributed by atoms with Crippen LogP contribution in [0.3, 0.4) is 0 Å². The summed E-state index contributed by atoms with van der Waals surface area (Å²) in [4.78, 5) is 21.9. The van der Waals surface area contributed by atoms with E-state index in [0.29, 0.717) is 0 Å². The van der Waals surface area contributed by atoms with Crippen molar-refractivity contribution in [3.8, 4) is 0 Å². The lowest BCUT2D eigenvalue weighted by Crippen LogP contribution is -2.60. The van der Waals surface area contributed by atoms with Crippen molar-refractivity contribution in [2.24, 2.45) is 41.4 Å². The third-order valence-corrected chi connectivity index (χ3v) is 1.78. The standard InChI is InChI=1S/C4H3N9O4.H3N/c14-1(15)3(6-10-11-7-3)5-4(2(16)17)8-12-13-9-4;/h5H,(H,14,15)(H,16,17);1H3. The molecule has 0 radical (unpaired) electrons. The molecule has 0 bridgehead atoms. The third-order valence-electron chi connectivity index (χ3n) is 1.78. The Morgan fingerprint density at radius 1 is 0.778 bits per heavy atom. The van der Waals surface area contributed by atoms with Crippen molar-refractivity contribution in [1.29, 1.82) is 0 Å². The summed E-state index contributed by atoms with van der Waals surface area (Å²) in [5, 5.41) is 44.4. The zero-order valence-electron chi connectivity index (χ0n) is 8.50. The van der Waals surface area contributed by atoms with Gasteiger partial charge in [-0.1, -0.05) is 0 Å². The summed E-state index contributed by atoms with van der Waals surface area (Å²) in [6.45, 7) is 0. The van der Waals surface area contributed by atoms with Crippen molar-refractivity contribution in [1.82, 2.24) is 11.5 Å². The number of nitrogens with zero attached hydrogens (tertiary/aromatic N) is 8. The molecule has 0 spiro atoms. The average Bonchev–Trinajstić information content (AvgIpc) is 2.88. The van der Waals surface area contributed by atoms with Crippen molar-refractivity contribution < 1.29 is 19.8 Å². The molecule has 14 heteroatoms. The summed E-state index contributed by atoms with van der Waals surface area (Å²) in [6.07, 6.45) is 0. The van der Waals surface area contributed by atoms with Crippen LogP contribution in [-0.2, 0) is 9.59 Å². The van der Waals surface area contributed by atoms with Gasteiger partial charge in [0.15, 0.2) is 0 Å². The molecule has 0 unspecified atom stereocenters. The van der Waals surface area contributed by atoms with Crippen LogP contribution in [0.2, 0.25) is 0 Å². The van der Waals surface area contributed by atoms with E-state index in [1.807, 2.05) is 5.32 Å².